The van der Waals surface area contributed by atoms with Crippen molar-refractivity contribution in [3.63, 3.8) is 0 Å². The lowest BCUT2D eigenvalue weighted by Crippen LogP contribution is -2.21. The standard InChI is InChI=1S/C15H22N2O/c1-4-7-14-16-12-8-5-6-9-13(12)17(14)11-10-15(2,3)18/h5-6,8-9,18H,4,7,10-11H2,1-3H3. The minimum absolute atomic E-state index is 0.630. The van der Waals surface area contributed by atoms with E-state index in [1.54, 1.807) is 0 Å². The predicted molar refractivity (Wildman–Crippen MR) is 74.6 cm³/mol. The van der Waals surface area contributed by atoms with Gasteiger partial charge in [-0.25, -0.2) is 4.98 Å². The third-order valence-electron chi connectivity index (χ3n) is 3.15. The molecule has 0 aliphatic rings. The van der Waals surface area contributed by atoms with Gasteiger partial charge < -0.3 is 9.67 Å². The van der Waals surface area contributed by atoms with Crippen LogP contribution in [-0.4, -0.2) is 20.3 Å². The molecule has 0 saturated carbocycles. The molecule has 98 valence electrons. The van der Waals surface area contributed by atoms with Crippen molar-refractivity contribution in [3.8, 4) is 0 Å². The van der Waals surface area contributed by atoms with E-state index in [1.165, 1.54) is 5.52 Å². The first kappa shape index (κ1) is 13.1. The lowest BCUT2D eigenvalue weighted by molar-refractivity contribution is 0.0663. The minimum atomic E-state index is -0.630. The average Bonchev–Trinajstić information content (AvgIpc) is 2.63. The fraction of sp³-hybridized carbons (Fsp3) is 0.533. The van der Waals surface area contributed by atoms with E-state index in [2.05, 4.69) is 28.6 Å². The second-order valence-electron chi connectivity index (χ2n) is 5.48. The summed E-state index contributed by atoms with van der Waals surface area (Å²) < 4.78 is 2.25. The molecular formula is C15H22N2O. The molecule has 0 atom stereocenters. The molecule has 0 radical (unpaired) electrons. The maximum Gasteiger partial charge on any atom is 0.109 e. The molecule has 0 fully saturated rings. The lowest BCUT2D eigenvalue weighted by atomic mass is 10.1. The van der Waals surface area contributed by atoms with E-state index in [4.69, 9.17) is 0 Å². The van der Waals surface area contributed by atoms with E-state index < -0.39 is 5.60 Å². The summed E-state index contributed by atoms with van der Waals surface area (Å²) in [7, 11) is 0. The van der Waals surface area contributed by atoms with E-state index in [-0.39, 0.29) is 0 Å². The van der Waals surface area contributed by atoms with Gasteiger partial charge in [0.2, 0.25) is 0 Å². The SMILES string of the molecule is CCCc1nc2ccccc2n1CCC(C)(C)O. The summed E-state index contributed by atoms with van der Waals surface area (Å²) in [6.45, 7) is 6.69. The van der Waals surface area contributed by atoms with Crippen LogP contribution < -0.4 is 0 Å². The Morgan fingerprint density at radius 1 is 1.28 bits per heavy atom. The van der Waals surface area contributed by atoms with Crippen LogP contribution in [0.1, 0.15) is 39.4 Å². The summed E-state index contributed by atoms with van der Waals surface area (Å²) in [5, 5.41) is 9.88. The van der Waals surface area contributed by atoms with Gasteiger partial charge in [0.1, 0.15) is 5.82 Å². The Morgan fingerprint density at radius 2 is 2.00 bits per heavy atom. The van der Waals surface area contributed by atoms with Gasteiger partial charge >= 0.3 is 0 Å². The molecule has 2 rings (SSSR count). The van der Waals surface area contributed by atoms with Crippen molar-refractivity contribution in [2.24, 2.45) is 0 Å². The molecule has 3 nitrogen and oxygen atoms in total. The highest BCUT2D eigenvalue weighted by atomic mass is 16.3. The zero-order chi connectivity index (χ0) is 13.2. The summed E-state index contributed by atoms with van der Waals surface area (Å²) in [6, 6.07) is 8.21. The number of rotatable bonds is 5. The zero-order valence-corrected chi connectivity index (χ0v) is 11.5. The third-order valence-corrected chi connectivity index (χ3v) is 3.15. The van der Waals surface area contributed by atoms with E-state index in [0.29, 0.717) is 0 Å². The van der Waals surface area contributed by atoms with Gasteiger partial charge in [0.15, 0.2) is 0 Å². The number of aromatic nitrogens is 2. The largest absolute Gasteiger partial charge is 0.390 e. The molecule has 0 aliphatic heterocycles. The van der Waals surface area contributed by atoms with E-state index >= 15 is 0 Å². The normalized spacial score (nSPS) is 12.2. The second kappa shape index (κ2) is 5.11. The number of para-hydroxylation sites is 2. The van der Waals surface area contributed by atoms with Crippen LogP contribution in [-0.2, 0) is 13.0 Å². The van der Waals surface area contributed by atoms with Gasteiger partial charge in [-0.05, 0) is 38.8 Å². The van der Waals surface area contributed by atoms with Crippen LogP contribution in [0.3, 0.4) is 0 Å². The Kier molecular flexibility index (Phi) is 3.71. The van der Waals surface area contributed by atoms with Crippen molar-refractivity contribution in [2.75, 3.05) is 0 Å². The van der Waals surface area contributed by atoms with Gasteiger partial charge in [-0.1, -0.05) is 19.1 Å². The summed E-state index contributed by atoms with van der Waals surface area (Å²) in [5.74, 6) is 1.13. The number of hydrogen-bond acceptors (Lipinski definition) is 2. The zero-order valence-electron chi connectivity index (χ0n) is 11.5. The fourth-order valence-corrected chi connectivity index (χ4v) is 2.17. The summed E-state index contributed by atoms with van der Waals surface area (Å²) in [5.41, 5.74) is 1.59. The molecule has 0 unspecified atom stereocenters. The van der Waals surface area contributed by atoms with Crippen molar-refractivity contribution in [1.82, 2.24) is 9.55 Å². The molecule has 0 aliphatic carbocycles. The van der Waals surface area contributed by atoms with Crippen LogP contribution in [0.4, 0.5) is 0 Å². The number of imidazole rings is 1. The molecule has 1 aromatic heterocycles. The van der Waals surface area contributed by atoms with Crippen molar-refractivity contribution in [2.45, 2.75) is 52.2 Å². The molecule has 0 amide bonds. The minimum Gasteiger partial charge on any atom is -0.390 e. The van der Waals surface area contributed by atoms with Crippen molar-refractivity contribution in [3.05, 3.63) is 30.1 Å². The van der Waals surface area contributed by atoms with Crippen LogP contribution >= 0.6 is 0 Å². The topological polar surface area (TPSA) is 38.0 Å². The summed E-state index contributed by atoms with van der Waals surface area (Å²) >= 11 is 0. The maximum atomic E-state index is 9.88. The fourth-order valence-electron chi connectivity index (χ4n) is 2.17. The number of aliphatic hydroxyl groups is 1. The molecule has 18 heavy (non-hydrogen) atoms. The Bertz CT molecular complexity index is 523. The number of hydrogen-bond donors (Lipinski definition) is 1. The number of aryl methyl sites for hydroxylation is 2. The summed E-state index contributed by atoms with van der Waals surface area (Å²) in [6.07, 6.45) is 2.82. The van der Waals surface area contributed by atoms with E-state index in [0.717, 1.165) is 37.1 Å². The van der Waals surface area contributed by atoms with Crippen molar-refractivity contribution >= 4 is 11.0 Å². The highest BCUT2D eigenvalue weighted by Crippen LogP contribution is 2.19. The molecule has 3 heteroatoms. The monoisotopic (exact) mass is 246 g/mol. The first-order valence-corrected chi connectivity index (χ1v) is 6.68. The molecule has 2 aromatic rings. The van der Waals surface area contributed by atoms with Gasteiger partial charge in [-0.15, -0.1) is 0 Å². The molecule has 0 spiro atoms. The van der Waals surface area contributed by atoms with Crippen LogP contribution in [0.15, 0.2) is 24.3 Å². The van der Waals surface area contributed by atoms with Crippen LogP contribution in [0.2, 0.25) is 0 Å². The molecule has 0 saturated heterocycles. The molecule has 1 N–H and O–H groups in total. The smallest absolute Gasteiger partial charge is 0.109 e. The van der Waals surface area contributed by atoms with Gasteiger partial charge in [-0.2, -0.15) is 0 Å². The molecule has 0 bridgehead atoms. The van der Waals surface area contributed by atoms with Gasteiger partial charge in [-0.3, -0.25) is 0 Å². The summed E-state index contributed by atoms with van der Waals surface area (Å²) in [4.78, 5) is 4.68. The Labute approximate surface area is 108 Å². The Balaban J connectivity index is 2.35. The highest BCUT2D eigenvalue weighted by Gasteiger charge is 2.15. The quantitative estimate of drug-likeness (QED) is 0.880. The highest BCUT2D eigenvalue weighted by molar-refractivity contribution is 5.75. The van der Waals surface area contributed by atoms with Crippen molar-refractivity contribution < 1.29 is 5.11 Å². The number of fused-ring (bicyclic) bond motifs is 1. The first-order valence-electron chi connectivity index (χ1n) is 6.68. The average molecular weight is 246 g/mol. The third kappa shape index (κ3) is 2.91. The molecule has 1 aromatic carbocycles. The van der Waals surface area contributed by atoms with Crippen LogP contribution in [0.25, 0.3) is 11.0 Å². The number of benzene rings is 1. The van der Waals surface area contributed by atoms with Crippen LogP contribution in [0, 0.1) is 0 Å². The van der Waals surface area contributed by atoms with Gasteiger partial charge in [0.05, 0.1) is 16.6 Å². The first-order chi connectivity index (χ1) is 8.51. The maximum absolute atomic E-state index is 9.88. The van der Waals surface area contributed by atoms with Crippen molar-refractivity contribution in [1.29, 1.82) is 0 Å². The van der Waals surface area contributed by atoms with Gasteiger partial charge in [0, 0.05) is 13.0 Å². The lowest BCUT2D eigenvalue weighted by Gasteiger charge is -2.18. The number of nitrogens with zero attached hydrogens (tertiary/aromatic N) is 2. The molecule has 1 heterocycles. The Hall–Kier alpha value is -1.35. The molecular weight excluding hydrogens is 224 g/mol. The van der Waals surface area contributed by atoms with E-state index in [1.807, 2.05) is 26.0 Å². The Morgan fingerprint density at radius 3 is 2.67 bits per heavy atom. The van der Waals surface area contributed by atoms with E-state index in [9.17, 15) is 5.11 Å². The predicted octanol–water partition coefficient (Wildman–Crippen LogP) is 3.15. The van der Waals surface area contributed by atoms with Crippen LogP contribution in [0.5, 0.6) is 0 Å². The van der Waals surface area contributed by atoms with Gasteiger partial charge in [0.25, 0.3) is 0 Å². The second-order valence-corrected chi connectivity index (χ2v) is 5.48.